The second kappa shape index (κ2) is 18.5. The van der Waals surface area contributed by atoms with Crippen LogP contribution in [0.25, 0.3) is 10.9 Å². The second-order valence-electron chi connectivity index (χ2n) is 14.6. The number of halogens is 1. The molecule has 3 saturated heterocycles. The fraction of sp³-hybridized carbons (Fsp3) is 0.341. The van der Waals surface area contributed by atoms with Crippen LogP contribution in [0, 0.1) is 11.7 Å². The van der Waals surface area contributed by atoms with E-state index in [1.165, 1.54) is 18.2 Å². The van der Waals surface area contributed by atoms with E-state index in [2.05, 4.69) is 20.5 Å². The fourth-order valence-corrected chi connectivity index (χ4v) is 7.64. The lowest BCUT2D eigenvalue weighted by Crippen LogP contribution is -2.52. The molecule has 298 valence electrons. The number of unbranched alkanes of at least 4 members (excludes halogenated alkanes) is 1. The molecular weight excluding hydrogens is 732 g/mol. The van der Waals surface area contributed by atoms with Gasteiger partial charge in [-0.15, -0.1) is 0 Å². The molecule has 3 aliphatic rings. The molecule has 1 aromatic heterocycles. The monoisotopic (exact) mass is 778 g/mol. The van der Waals surface area contributed by atoms with Crippen molar-refractivity contribution in [1.29, 1.82) is 0 Å². The van der Waals surface area contributed by atoms with Crippen molar-refractivity contribution in [1.82, 2.24) is 20.5 Å². The van der Waals surface area contributed by atoms with Gasteiger partial charge in [0.15, 0.2) is 0 Å². The third-order valence-corrected chi connectivity index (χ3v) is 10.6. The summed E-state index contributed by atoms with van der Waals surface area (Å²) in [4.78, 5) is 42.7. The van der Waals surface area contributed by atoms with E-state index >= 15 is 0 Å². The number of fused-ring (bicyclic) bond motifs is 4. The van der Waals surface area contributed by atoms with Crippen LogP contribution >= 0.6 is 0 Å². The number of aliphatic hydroxyl groups is 1. The number of hydrogen-bond acceptors (Lipinski definition) is 10. The lowest BCUT2D eigenvalue weighted by molar-refractivity contribution is -0.0336. The highest BCUT2D eigenvalue weighted by atomic mass is 19.1. The standard InChI is InChI=1S/C44H47FN4O8/c45-33-22-28(21-32(23-33)43(53)55-20-5-4-17-46-25-38(51)35-11-13-37(50)42-36(35)12-14-40(52)47-42)27-56-34-10-6-9-31(24-34)41(30-7-2-1-3-8-30)48-44(54)57-39-26-49-18-15-29(39)16-19-49/h1-3,6-14,21-24,29,38-39,41,46,50-51H,4-5,15-20,25-27H2,(H,47,52)(H,48,54)/t38?,39?,41-/m0/s1. The first-order valence-electron chi connectivity index (χ1n) is 19.4. The van der Waals surface area contributed by atoms with Crippen molar-refractivity contribution >= 4 is 23.0 Å². The van der Waals surface area contributed by atoms with Crippen LogP contribution in [0.5, 0.6) is 11.5 Å². The molecule has 4 heterocycles. The van der Waals surface area contributed by atoms with Gasteiger partial charge in [0.05, 0.1) is 29.8 Å². The summed E-state index contributed by atoms with van der Waals surface area (Å²) in [7, 11) is 0. The molecule has 0 spiro atoms. The van der Waals surface area contributed by atoms with E-state index in [1.54, 1.807) is 24.3 Å². The maximum atomic E-state index is 14.7. The van der Waals surface area contributed by atoms with Crippen LogP contribution in [0.1, 0.15) is 70.4 Å². The molecule has 0 saturated carbocycles. The molecule has 8 rings (SSSR count). The largest absolute Gasteiger partial charge is 0.506 e. The van der Waals surface area contributed by atoms with Crippen LogP contribution < -0.4 is 20.9 Å². The Kier molecular flexibility index (Phi) is 12.8. The minimum absolute atomic E-state index is 0.0120. The number of amides is 1. The number of aliphatic hydroxyl groups excluding tert-OH is 1. The van der Waals surface area contributed by atoms with Crippen LogP contribution in [0.2, 0.25) is 0 Å². The normalized spacial score (nSPS) is 18.5. The minimum Gasteiger partial charge on any atom is -0.506 e. The van der Waals surface area contributed by atoms with Crippen molar-refractivity contribution in [3.8, 4) is 11.5 Å². The number of phenols is 1. The number of nitrogens with zero attached hydrogens (tertiary/aromatic N) is 1. The number of hydrogen-bond donors (Lipinski definition) is 5. The van der Waals surface area contributed by atoms with Gasteiger partial charge in [0, 0.05) is 24.5 Å². The topological polar surface area (TPSA) is 162 Å². The van der Waals surface area contributed by atoms with Gasteiger partial charge >= 0.3 is 12.1 Å². The van der Waals surface area contributed by atoms with Gasteiger partial charge in [-0.3, -0.25) is 9.69 Å². The van der Waals surface area contributed by atoms with Crippen molar-refractivity contribution < 1.29 is 38.4 Å². The van der Waals surface area contributed by atoms with Crippen molar-refractivity contribution in [2.45, 2.75) is 50.5 Å². The first-order valence-corrected chi connectivity index (χ1v) is 19.4. The van der Waals surface area contributed by atoms with Crippen molar-refractivity contribution in [3.05, 3.63) is 141 Å². The molecule has 3 aliphatic heterocycles. The molecule has 4 aromatic carbocycles. The van der Waals surface area contributed by atoms with E-state index in [0.717, 1.165) is 49.7 Å². The number of aromatic nitrogens is 1. The highest BCUT2D eigenvalue weighted by molar-refractivity contribution is 5.89. The second-order valence-corrected chi connectivity index (χ2v) is 14.6. The van der Waals surface area contributed by atoms with Crippen LogP contribution in [0.15, 0.2) is 102 Å². The van der Waals surface area contributed by atoms with Crippen LogP contribution in [0.3, 0.4) is 0 Å². The molecule has 5 N–H and O–H groups in total. The van der Waals surface area contributed by atoms with Gasteiger partial charge in [-0.05, 0) is 116 Å². The average molecular weight is 779 g/mol. The molecule has 12 nitrogen and oxygen atoms in total. The summed E-state index contributed by atoms with van der Waals surface area (Å²) < 4.78 is 32.1. The lowest BCUT2D eigenvalue weighted by Gasteiger charge is -2.43. The lowest BCUT2D eigenvalue weighted by atomic mass is 9.86. The third kappa shape index (κ3) is 10.2. The molecule has 57 heavy (non-hydrogen) atoms. The van der Waals surface area contributed by atoms with E-state index in [9.17, 15) is 29.0 Å². The number of nitrogens with one attached hydrogen (secondary N) is 3. The van der Waals surface area contributed by atoms with Crippen LogP contribution in [0.4, 0.5) is 9.18 Å². The number of carbonyl (C=O) groups is 2. The summed E-state index contributed by atoms with van der Waals surface area (Å²) >= 11 is 0. The zero-order valence-electron chi connectivity index (χ0n) is 31.5. The number of phenolic OH excluding ortho intramolecular Hbond substituents is 1. The number of aromatic hydroxyl groups is 1. The maximum absolute atomic E-state index is 14.7. The fourth-order valence-electron chi connectivity index (χ4n) is 7.64. The molecule has 2 bridgehead atoms. The summed E-state index contributed by atoms with van der Waals surface area (Å²) in [6.45, 7) is 3.75. The average Bonchev–Trinajstić information content (AvgIpc) is 3.22. The van der Waals surface area contributed by atoms with Gasteiger partial charge in [0.25, 0.3) is 0 Å². The van der Waals surface area contributed by atoms with Gasteiger partial charge in [-0.25, -0.2) is 14.0 Å². The van der Waals surface area contributed by atoms with E-state index in [1.807, 2.05) is 48.5 Å². The Morgan fingerprint density at radius 3 is 2.53 bits per heavy atom. The van der Waals surface area contributed by atoms with Gasteiger partial charge in [0.2, 0.25) is 5.56 Å². The van der Waals surface area contributed by atoms with E-state index < -0.39 is 30.0 Å². The quantitative estimate of drug-likeness (QED) is 0.0583. The molecule has 3 atom stereocenters. The van der Waals surface area contributed by atoms with Gasteiger partial charge in [-0.2, -0.15) is 0 Å². The summed E-state index contributed by atoms with van der Waals surface area (Å²) in [6, 6.07) is 26.4. The molecule has 3 fully saturated rings. The zero-order valence-corrected chi connectivity index (χ0v) is 31.5. The number of benzene rings is 4. The Bertz CT molecular complexity index is 2230. The predicted molar refractivity (Wildman–Crippen MR) is 212 cm³/mol. The third-order valence-electron chi connectivity index (χ3n) is 10.6. The highest BCUT2D eigenvalue weighted by Crippen LogP contribution is 2.31. The molecule has 0 aliphatic carbocycles. The first-order chi connectivity index (χ1) is 27.7. The molecule has 13 heteroatoms. The number of H-pyrrole nitrogens is 1. The number of piperidine rings is 3. The number of rotatable bonds is 16. The van der Waals surface area contributed by atoms with Crippen molar-refractivity contribution in [2.24, 2.45) is 5.92 Å². The molecule has 1 amide bonds. The van der Waals surface area contributed by atoms with Gasteiger partial charge < -0.3 is 40.0 Å². The number of alkyl carbamates (subject to hydrolysis) is 1. The Morgan fingerprint density at radius 1 is 0.930 bits per heavy atom. The number of aromatic amines is 1. The summed E-state index contributed by atoms with van der Waals surface area (Å²) in [5.41, 5.74) is 2.66. The summed E-state index contributed by atoms with van der Waals surface area (Å²) in [6.07, 6.45) is 1.78. The predicted octanol–water partition coefficient (Wildman–Crippen LogP) is 6.12. The molecular formula is C44H47FN4O8. The minimum atomic E-state index is -0.884. The van der Waals surface area contributed by atoms with Gasteiger partial charge in [-0.1, -0.05) is 48.5 Å². The number of carbonyl (C=O) groups excluding carboxylic acids is 2. The molecule has 5 aromatic rings. The van der Waals surface area contributed by atoms with Crippen molar-refractivity contribution in [3.63, 3.8) is 0 Å². The van der Waals surface area contributed by atoms with Crippen LogP contribution in [-0.4, -0.2) is 77.6 Å². The first kappa shape index (κ1) is 39.5. The van der Waals surface area contributed by atoms with Gasteiger partial charge in [0.1, 0.15) is 30.0 Å². The summed E-state index contributed by atoms with van der Waals surface area (Å²) in [5.74, 6) is -0.436. The Labute approximate surface area is 329 Å². The van der Waals surface area contributed by atoms with E-state index in [4.69, 9.17) is 14.2 Å². The van der Waals surface area contributed by atoms with Crippen molar-refractivity contribution in [2.75, 3.05) is 39.3 Å². The number of esters is 1. The van der Waals surface area contributed by atoms with Crippen LogP contribution in [-0.2, 0) is 16.1 Å². The summed E-state index contributed by atoms with van der Waals surface area (Å²) in [5, 5.41) is 27.6. The Hall–Kier alpha value is -5.76. The van der Waals surface area contributed by atoms with E-state index in [-0.39, 0.29) is 48.3 Å². The Morgan fingerprint density at radius 2 is 1.74 bits per heavy atom. The molecule has 0 radical (unpaired) electrons. The molecule has 2 unspecified atom stereocenters. The van der Waals surface area contributed by atoms with E-state index in [0.29, 0.717) is 47.6 Å². The number of ether oxygens (including phenoxy) is 3. The Balaban J connectivity index is 0.883. The zero-order chi connectivity index (χ0) is 39.7. The smallest absolute Gasteiger partial charge is 0.408 e. The SMILES string of the molecule is O=C(N[C@@H](c1ccccc1)c1cccc(OCc2cc(F)cc(C(=O)OCCCCNCC(O)c3ccc(O)c4[nH]c(=O)ccc34)c2)c1)OC1CN2CCC1CC2. The highest BCUT2D eigenvalue weighted by Gasteiger charge is 2.37. The number of pyridine rings is 1. The maximum Gasteiger partial charge on any atom is 0.408 e.